The normalized spacial score (nSPS) is 12.5. The second kappa shape index (κ2) is 6.09. The number of hydrogen-bond acceptors (Lipinski definition) is 6. The standard InChI is InChI=1S/C17H19N3O4/c1-8(21)7-18-16(22)13-6-14(12-5-9(2)23-11(12)4)19-17-15(13)10(3)20-24-17/h5-6,8,21H,7H2,1-4H3,(H,18,22). The van der Waals surface area contributed by atoms with Gasteiger partial charge < -0.3 is 19.4 Å². The summed E-state index contributed by atoms with van der Waals surface area (Å²) in [6.07, 6.45) is -0.631. The van der Waals surface area contributed by atoms with Crippen molar-refractivity contribution in [3.63, 3.8) is 0 Å². The molecule has 7 nitrogen and oxygen atoms in total. The summed E-state index contributed by atoms with van der Waals surface area (Å²) in [7, 11) is 0. The maximum Gasteiger partial charge on any atom is 0.259 e. The van der Waals surface area contributed by atoms with Crippen molar-refractivity contribution in [3.8, 4) is 11.3 Å². The van der Waals surface area contributed by atoms with Crippen LogP contribution in [0.2, 0.25) is 0 Å². The molecule has 126 valence electrons. The topological polar surface area (TPSA) is 101 Å². The number of carbonyl (C=O) groups excluding carboxylic acids is 1. The highest BCUT2D eigenvalue weighted by atomic mass is 16.5. The molecule has 0 aliphatic rings. The summed E-state index contributed by atoms with van der Waals surface area (Å²) >= 11 is 0. The molecule has 1 amide bonds. The number of aryl methyl sites for hydroxylation is 3. The zero-order valence-electron chi connectivity index (χ0n) is 14.0. The number of aliphatic hydroxyl groups is 1. The van der Waals surface area contributed by atoms with E-state index in [0.29, 0.717) is 33.8 Å². The fourth-order valence-electron chi connectivity index (χ4n) is 2.63. The van der Waals surface area contributed by atoms with Crippen molar-refractivity contribution in [1.82, 2.24) is 15.5 Å². The van der Waals surface area contributed by atoms with Gasteiger partial charge in [0.1, 0.15) is 11.5 Å². The van der Waals surface area contributed by atoms with Crippen molar-refractivity contribution in [3.05, 3.63) is 34.9 Å². The Kier molecular flexibility index (Phi) is 4.11. The van der Waals surface area contributed by atoms with E-state index in [1.807, 2.05) is 19.9 Å². The largest absolute Gasteiger partial charge is 0.466 e. The number of aliphatic hydroxyl groups excluding tert-OH is 1. The van der Waals surface area contributed by atoms with Gasteiger partial charge in [-0.05, 0) is 39.8 Å². The Morgan fingerprint density at radius 1 is 1.33 bits per heavy atom. The molecule has 0 spiro atoms. The molecule has 2 N–H and O–H groups in total. The van der Waals surface area contributed by atoms with E-state index >= 15 is 0 Å². The molecule has 0 aliphatic carbocycles. The second-order valence-corrected chi connectivity index (χ2v) is 5.89. The smallest absolute Gasteiger partial charge is 0.259 e. The van der Waals surface area contributed by atoms with Crippen molar-refractivity contribution in [2.24, 2.45) is 0 Å². The highest BCUT2D eigenvalue weighted by Gasteiger charge is 2.21. The predicted octanol–water partition coefficient (Wildman–Crippen LogP) is 2.52. The Morgan fingerprint density at radius 3 is 2.71 bits per heavy atom. The molecule has 1 unspecified atom stereocenters. The van der Waals surface area contributed by atoms with E-state index in [2.05, 4.69) is 15.5 Å². The Hall–Kier alpha value is -2.67. The maximum atomic E-state index is 12.5. The third-order valence-corrected chi connectivity index (χ3v) is 3.74. The molecule has 0 bridgehead atoms. The Balaban J connectivity index is 2.13. The number of amides is 1. The van der Waals surface area contributed by atoms with Crippen molar-refractivity contribution in [2.45, 2.75) is 33.8 Å². The van der Waals surface area contributed by atoms with Crippen LogP contribution in [0.15, 0.2) is 21.1 Å². The van der Waals surface area contributed by atoms with Crippen LogP contribution in [0.4, 0.5) is 0 Å². The number of furan rings is 1. The van der Waals surface area contributed by atoms with Gasteiger partial charge in [0.2, 0.25) is 0 Å². The molecule has 3 heterocycles. The van der Waals surface area contributed by atoms with Crippen LogP contribution in [-0.2, 0) is 0 Å². The van der Waals surface area contributed by atoms with Gasteiger partial charge in [0, 0.05) is 12.1 Å². The average Bonchev–Trinajstić information content (AvgIpc) is 3.06. The van der Waals surface area contributed by atoms with E-state index in [-0.39, 0.29) is 12.5 Å². The minimum Gasteiger partial charge on any atom is -0.466 e. The summed E-state index contributed by atoms with van der Waals surface area (Å²) in [6, 6.07) is 3.56. The molecule has 0 aliphatic heterocycles. The summed E-state index contributed by atoms with van der Waals surface area (Å²) in [6.45, 7) is 7.21. The van der Waals surface area contributed by atoms with Crippen LogP contribution >= 0.6 is 0 Å². The number of rotatable bonds is 4. The molecule has 0 saturated carbocycles. The number of hydrogen-bond donors (Lipinski definition) is 2. The molecule has 24 heavy (non-hydrogen) atoms. The highest BCUT2D eigenvalue weighted by molar-refractivity contribution is 6.07. The average molecular weight is 329 g/mol. The quantitative estimate of drug-likeness (QED) is 0.762. The van der Waals surface area contributed by atoms with E-state index in [9.17, 15) is 9.90 Å². The minimum absolute atomic E-state index is 0.159. The molecule has 3 rings (SSSR count). The van der Waals surface area contributed by atoms with E-state index in [0.717, 1.165) is 11.3 Å². The molecule has 0 saturated heterocycles. The fraction of sp³-hybridized carbons (Fsp3) is 0.353. The number of nitrogens with zero attached hydrogens (tertiary/aromatic N) is 2. The first kappa shape index (κ1) is 16.2. The van der Waals surface area contributed by atoms with Crippen LogP contribution in [0.25, 0.3) is 22.4 Å². The van der Waals surface area contributed by atoms with Gasteiger partial charge in [-0.1, -0.05) is 5.16 Å². The van der Waals surface area contributed by atoms with Crippen LogP contribution in [0.5, 0.6) is 0 Å². The molecule has 0 fully saturated rings. The summed E-state index contributed by atoms with van der Waals surface area (Å²) in [5, 5.41) is 16.5. The van der Waals surface area contributed by atoms with Crippen LogP contribution in [0, 0.1) is 20.8 Å². The molecule has 1 atom stereocenters. The third-order valence-electron chi connectivity index (χ3n) is 3.74. The van der Waals surface area contributed by atoms with Crippen molar-refractivity contribution < 1.29 is 18.8 Å². The predicted molar refractivity (Wildman–Crippen MR) is 87.7 cm³/mol. The molecule has 7 heteroatoms. The number of nitrogens with one attached hydrogen (secondary N) is 1. The zero-order valence-corrected chi connectivity index (χ0v) is 14.0. The Morgan fingerprint density at radius 2 is 2.08 bits per heavy atom. The Bertz CT molecular complexity index is 908. The highest BCUT2D eigenvalue weighted by Crippen LogP contribution is 2.30. The van der Waals surface area contributed by atoms with Crippen molar-refractivity contribution >= 4 is 17.0 Å². The first-order valence-corrected chi connectivity index (χ1v) is 7.67. The molecular formula is C17H19N3O4. The lowest BCUT2D eigenvalue weighted by Gasteiger charge is -2.09. The van der Waals surface area contributed by atoms with E-state index in [4.69, 9.17) is 8.94 Å². The molecule has 3 aromatic rings. The Labute approximate surface area is 138 Å². The molecule has 0 aromatic carbocycles. The summed E-state index contributed by atoms with van der Waals surface area (Å²) in [5.74, 6) is 1.16. The minimum atomic E-state index is -0.631. The first-order chi connectivity index (χ1) is 11.4. The van der Waals surface area contributed by atoms with E-state index in [1.165, 1.54) is 0 Å². The molecular weight excluding hydrogens is 310 g/mol. The maximum absolute atomic E-state index is 12.5. The van der Waals surface area contributed by atoms with Gasteiger partial charge in [-0.25, -0.2) is 4.98 Å². The second-order valence-electron chi connectivity index (χ2n) is 5.89. The first-order valence-electron chi connectivity index (χ1n) is 7.67. The summed E-state index contributed by atoms with van der Waals surface area (Å²) in [5.41, 5.74) is 2.67. The monoisotopic (exact) mass is 329 g/mol. The zero-order chi connectivity index (χ0) is 17.4. The molecule has 3 aromatic heterocycles. The van der Waals surface area contributed by atoms with Crippen molar-refractivity contribution in [2.75, 3.05) is 6.54 Å². The number of fused-ring (bicyclic) bond motifs is 1. The van der Waals surface area contributed by atoms with Gasteiger partial charge >= 0.3 is 0 Å². The summed E-state index contributed by atoms with van der Waals surface area (Å²) in [4.78, 5) is 17.0. The van der Waals surface area contributed by atoms with Crippen LogP contribution in [0.1, 0.15) is 34.5 Å². The van der Waals surface area contributed by atoms with E-state index in [1.54, 1.807) is 19.9 Å². The van der Waals surface area contributed by atoms with Gasteiger partial charge in [-0.3, -0.25) is 4.79 Å². The lowest BCUT2D eigenvalue weighted by atomic mass is 10.1. The van der Waals surface area contributed by atoms with Gasteiger partial charge in [0.15, 0.2) is 0 Å². The SMILES string of the molecule is Cc1cc(-c2cc(C(=O)NCC(C)O)c3c(C)noc3n2)c(C)o1. The lowest BCUT2D eigenvalue weighted by molar-refractivity contribution is 0.0925. The lowest BCUT2D eigenvalue weighted by Crippen LogP contribution is -2.30. The van der Waals surface area contributed by atoms with Gasteiger partial charge in [-0.15, -0.1) is 0 Å². The van der Waals surface area contributed by atoms with Gasteiger partial charge in [0.05, 0.1) is 28.4 Å². The summed E-state index contributed by atoms with van der Waals surface area (Å²) < 4.78 is 10.8. The van der Waals surface area contributed by atoms with Crippen LogP contribution in [-0.4, -0.2) is 33.8 Å². The van der Waals surface area contributed by atoms with Crippen LogP contribution < -0.4 is 5.32 Å². The van der Waals surface area contributed by atoms with Crippen molar-refractivity contribution in [1.29, 1.82) is 0 Å². The fourth-order valence-corrected chi connectivity index (χ4v) is 2.63. The number of carbonyl (C=O) groups is 1. The van der Waals surface area contributed by atoms with Gasteiger partial charge in [0.25, 0.3) is 11.6 Å². The third kappa shape index (κ3) is 2.90. The van der Waals surface area contributed by atoms with E-state index < -0.39 is 6.10 Å². The van der Waals surface area contributed by atoms with Crippen LogP contribution in [0.3, 0.4) is 0 Å². The number of aromatic nitrogens is 2. The van der Waals surface area contributed by atoms with Gasteiger partial charge in [-0.2, -0.15) is 0 Å². The number of pyridine rings is 1. The molecule has 0 radical (unpaired) electrons.